The van der Waals surface area contributed by atoms with Crippen molar-refractivity contribution in [1.82, 2.24) is 9.99 Å². The standard InChI is InChI=1S/C49H40N4O6/c1-3-10-29-11-9-14-36(43(29)54)42-34-25-26-35-41(47(57)52(45(35)55)33-23-19-30(20-24-33)44-50-39-15-7-8-16-40(39)59-44)37(34)27-38-46(56)53(51-32-21-17-28(2)18-22-32)48(58)49(38,42)31-12-5-4-6-13-31/h3-9,11-25,35,37-38,41-42,51,54H,1,10,26-27H2,2H3/t35-,37+,38-,41-,42+,49+/m0/s1. The van der Waals surface area contributed by atoms with Gasteiger partial charge in [0.1, 0.15) is 11.3 Å². The van der Waals surface area contributed by atoms with Crippen LogP contribution in [0.3, 0.4) is 0 Å². The van der Waals surface area contributed by atoms with E-state index >= 15 is 9.59 Å². The van der Waals surface area contributed by atoms with E-state index in [1.807, 2.05) is 110 Å². The van der Waals surface area contributed by atoms with Gasteiger partial charge in [0.2, 0.25) is 17.7 Å². The van der Waals surface area contributed by atoms with E-state index in [9.17, 15) is 14.7 Å². The topological polar surface area (TPSA) is 133 Å². The number of nitrogens with one attached hydrogen (secondary N) is 1. The maximum absolute atomic E-state index is 15.5. The van der Waals surface area contributed by atoms with Crippen LogP contribution in [0.25, 0.3) is 22.6 Å². The van der Waals surface area contributed by atoms with E-state index in [-0.39, 0.29) is 30.4 Å². The summed E-state index contributed by atoms with van der Waals surface area (Å²) >= 11 is 0. The zero-order valence-corrected chi connectivity index (χ0v) is 32.2. The summed E-state index contributed by atoms with van der Waals surface area (Å²) in [6, 6.07) is 36.7. The monoisotopic (exact) mass is 780 g/mol. The number of allylic oxidation sites excluding steroid dienone is 3. The maximum Gasteiger partial charge on any atom is 0.260 e. The van der Waals surface area contributed by atoms with Crippen molar-refractivity contribution in [2.75, 3.05) is 10.3 Å². The molecule has 10 rings (SSSR count). The molecule has 0 bridgehead atoms. The fourth-order valence-corrected chi connectivity index (χ4v) is 10.3. The zero-order chi connectivity index (χ0) is 40.6. The number of aromatic nitrogens is 1. The Labute approximate surface area is 340 Å². The number of amides is 4. The number of benzene rings is 5. The minimum absolute atomic E-state index is 0.00908. The van der Waals surface area contributed by atoms with E-state index in [1.165, 1.54) is 4.90 Å². The van der Waals surface area contributed by atoms with Gasteiger partial charge in [-0.1, -0.05) is 96.1 Å². The van der Waals surface area contributed by atoms with Crippen LogP contribution in [-0.2, 0) is 31.0 Å². The molecule has 1 saturated carbocycles. The lowest BCUT2D eigenvalue weighted by molar-refractivity contribution is -0.138. The summed E-state index contributed by atoms with van der Waals surface area (Å²) in [6.45, 7) is 5.85. The van der Waals surface area contributed by atoms with Crippen molar-refractivity contribution in [2.45, 2.75) is 37.5 Å². The van der Waals surface area contributed by atoms with Gasteiger partial charge in [0, 0.05) is 17.0 Å². The van der Waals surface area contributed by atoms with Crippen LogP contribution in [0.5, 0.6) is 5.75 Å². The van der Waals surface area contributed by atoms with Gasteiger partial charge in [-0.2, -0.15) is 5.01 Å². The Hall–Kier alpha value is -7.07. The Balaban J connectivity index is 1.09. The summed E-state index contributed by atoms with van der Waals surface area (Å²) in [7, 11) is 0. The predicted molar refractivity (Wildman–Crippen MR) is 223 cm³/mol. The number of rotatable bonds is 8. The van der Waals surface area contributed by atoms with E-state index in [0.29, 0.717) is 51.5 Å². The molecule has 3 heterocycles. The molecule has 10 heteroatoms. The first-order valence-electron chi connectivity index (χ1n) is 19.9. The van der Waals surface area contributed by atoms with Gasteiger partial charge in [-0.25, -0.2) is 4.98 Å². The number of phenols is 1. The molecule has 0 spiro atoms. The number of aryl methyl sites for hydroxylation is 1. The first kappa shape index (κ1) is 36.3. The Morgan fingerprint density at radius 3 is 2.34 bits per heavy atom. The van der Waals surface area contributed by atoms with E-state index in [2.05, 4.69) is 17.0 Å². The number of hydrogen-bond donors (Lipinski definition) is 2. The van der Waals surface area contributed by atoms with Crippen LogP contribution >= 0.6 is 0 Å². The van der Waals surface area contributed by atoms with Crippen molar-refractivity contribution in [1.29, 1.82) is 0 Å². The van der Waals surface area contributed by atoms with Crippen molar-refractivity contribution in [3.63, 3.8) is 0 Å². The third-order valence-corrected chi connectivity index (χ3v) is 12.9. The Kier molecular flexibility index (Phi) is 8.48. The van der Waals surface area contributed by atoms with Crippen molar-refractivity contribution in [2.24, 2.45) is 23.7 Å². The first-order valence-corrected chi connectivity index (χ1v) is 19.9. The number of anilines is 2. The van der Waals surface area contributed by atoms with Crippen LogP contribution in [0.15, 0.2) is 150 Å². The second-order valence-corrected chi connectivity index (χ2v) is 16.0. The van der Waals surface area contributed by atoms with Crippen molar-refractivity contribution in [3.05, 3.63) is 168 Å². The van der Waals surface area contributed by atoms with Crippen LogP contribution in [0.4, 0.5) is 11.4 Å². The van der Waals surface area contributed by atoms with Crippen LogP contribution in [0.2, 0.25) is 0 Å². The number of aromatic hydroxyl groups is 1. The number of carbonyl (C=O) groups excluding carboxylic acids is 4. The highest BCUT2D eigenvalue weighted by Gasteiger charge is 2.70. The van der Waals surface area contributed by atoms with Crippen LogP contribution in [0.1, 0.15) is 41.0 Å². The molecule has 6 aromatic rings. The molecule has 5 aromatic carbocycles. The van der Waals surface area contributed by atoms with Gasteiger partial charge in [0.15, 0.2) is 5.58 Å². The number of nitrogens with zero attached hydrogens (tertiary/aromatic N) is 3. The molecule has 6 atom stereocenters. The smallest absolute Gasteiger partial charge is 0.260 e. The molecule has 3 fully saturated rings. The Morgan fingerprint density at radius 2 is 1.59 bits per heavy atom. The van der Waals surface area contributed by atoms with Gasteiger partial charge in [-0.05, 0) is 91.8 Å². The molecular formula is C49H40N4O6. The van der Waals surface area contributed by atoms with Gasteiger partial charge in [0.05, 0.1) is 34.5 Å². The molecule has 0 radical (unpaired) electrons. The fourth-order valence-electron chi connectivity index (χ4n) is 10.3. The molecule has 4 aliphatic rings. The molecule has 2 aliphatic heterocycles. The third kappa shape index (κ3) is 5.42. The molecule has 10 nitrogen and oxygen atoms in total. The minimum Gasteiger partial charge on any atom is -0.507 e. The fraction of sp³-hybridized carbons (Fsp3) is 0.204. The molecule has 2 aliphatic carbocycles. The highest BCUT2D eigenvalue weighted by atomic mass is 16.3. The highest BCUT2D eigenvalue weighted by molar-refractivity contribution is 6.22. The summed E-state index contributed by atoms with van der Waals surface area (Å²) in [5.41, 5.74) is 8.23. The zero-order valence-electron chi connectivity index (χ0n) is 32.2. The third-order valence-electron chi connectivity index (χ3n) is 12.9. The van der Waals surface area contributed by atoms with E-state index in [1.54, 1.807) is 30.3 Å². The summed E-state index contributed by atoms with van der Waals surface area (Å²) < 4.78 is 5.96. The summed E-state index contributed by atoms with van der Waals surface area (Å²) in [4.78, 5) is 65.6. The van der Waals surface area contributed by atoms with Gasteiger partial charge >= 0.3 is 0 Å². The minimum atomic E-state index is -1.50. The van der Waals surface area contributed by atoms with Gasteiger partial charge in [0.25, 0.3) is 11.8 Å². The maximum atomic E-state index is 15.5. The van der Waals surface area contributed by atoms with E-state index in [0.717, 1.165) is 21.7 Å². The van der Waals surface area contributed by atoms with Gasteiger partial charge < -0.3 is 9.52 Å². The quantitative estimate of drug-likeness (QED) is 0.116. The number of fused-ring (bicyclic) bond motifs is 5. The van der Waals surface area contributed by atoms with Gasteiger partial charge in [-0.15, -0.1) is 6.58 Å². The number of imide groups is 2. The predicted octanol–water partition coefficient (Wildman–Crippen LogP) is 8.43. The second-order valence-electron chi connectivity index (χ2n) is 16.0. The largest absolute Gasteiger partial charge is 0.507 e. The summed E-state index contributed by atoms with van der Waals surface area (Å²) in [5, 5.41) is 13.2. The lowest BCUT2D eigenvalue weighted by Gasteiger charge is -2.50. The van der Waals surface area contributed by atoms with Crippen molar-refractivity contribution < 1.29 is 28.7 Å². The molecule has 292 valence electrons. The van der Waals surface area contributed by atoms with Crippen molar-refractivity contribution >= 4 is 46.1 Å². The molecule has 0 unspecified atom stereocenters. The highest BCUT2D eigenvalue weighted by Crippen LogP contribution is 2.65. The van der Waals surface area contributed by atoms with Crippen LogP contribution in [0, 0.1) is 30.6 Å². The van der Waals surface area contributed by atoms with Crippen LogP contribution < -0.4 is 10.3 Å². The molecule has 2 saturated heterocycles. The molecule has 2 N–H and O–H groups in total. The molecular weight excluding hydrogens is 741 g/mol. The Morgan fingerprint density at radius 1 is 0.847 bits per heavy atom. The van der Waals surface area contributed by atoms with E-state index in [4.69, 9.17) is 4.42 Å². The summed E-state index contributed by atoms with van der Waals surface area (Å²) in [6.07, 6.45) is 4.48. The molecule has 1 aromatic heterocycles. The normalized spacial score (nSPS) is 24.8. The van der Waals surface area contributed by atoms with E-state index < -0.39 is 46.8 Å². The lowest BCUT2D eigenvalue weighted by atomic mass is 9.49. The number of carbonyl (C=O) groups is 4. The molecule has 4 amide bonds. The Bertz CT molecular complexity index is 2710. The van der Waals surface area contributed by atoms with Crippen LogP contribution in [-0.4, -0.2) is 38.7 Å². The molecule has 59 heavy (non-hydrogen) atoms. The number of phenolic OH excluding ortho intramolecular Hbond substituents is 1. The average Bonchev–Trinajstić information content (AvgIpc) is 3.87. The summed E-state index contributed by atoms with van der Waals surface area (Å²) in [5.74, 6) is -4.97. The second kappa shape index (κ2) is 13.8. The number of para-hydroxylation sites is 3. The lowest BCUT2D eigenvalue weighted by Crippen LogP contribution is -2.53. The first-order chi connectivity index (χ1) is 28.7. The van der Waals surface area contributed by atoms with Gasteiger partial charge in [-0.3, -0.25) is 29.5 Å². The number of hydrazine groups is 1. The average molecular weight is 781 g/mol. The van der Waals surface area contributed by atoms with Crippen molar-refractivity contribution in [3.8, 4) is 17.2 Å². The SMILES string of the molecule is C=CCc1cccc([C@H]2C3=CC[C@@H]4C(=O)N(c5ccc(-c6nc7ccccc7o6)cc5)C(=O)[C@@H]4[C@@H]3C[C@H]3C(=O)N(Nc4ccc(C)cc4)C(=O)[C@@]23c2ccccc2)c1O. The number of hydrogen-bond acceptors (Lipinski definition) is 8. The number of oxazole rings is 1.